The monoisotopic (exact) mass is 364 g/mol. The van der Waals surface area contributed by atoms with Crippen LogP contribution in [0.1, 0.15) is 27.7 Å². The van der Waals surface area contributed by atoms with Gasteiger partial charge in [0, 0.05) is 27.7 Å². The molecule has 0 aliphatic carbocycles. The molecule has 0 saturated carbocycles. The molecule has 2 unspecified atom stereocenters. The van der Waals surface area contributed by atoms with Crippen molar-refractivity contribution in [2.75, 3.05) is 6.61 Å². The van der Waals surface area contributed by atoms with E-state index in [0.717, 1.165) is 32.5 Å². The third-order valence-electron chi connectivity index (χ3n) is 2.97. The van der Waals surface area contributed by atoms with Gasteiger partial charge in [-0.15, -0.1) is 11.8 Å². The molecule has 1 aliphatic heterocycles. The Bertz CT molecular complexity index is 506. The molecule has 0 aromatic carbocycles. The Morgan fingerprint density at radius 2 is 1.25 bits per heavy atom. The maximum Gasteiger partial charge on any atom is 0.303 e. The Kier molecular flexibility index (Phi) is 7.49. The van der Waals surface area contributed by atoms with Crippen LogP contribution in [0.2, 0.25) is 0 Å². The van der Waals surface area contributed by atoms with Crippen LogP contribution in [0.3, 0.4) is 0 Å². The van der Waals surface area contributed by atoms with E-state index in [2.05, 4.69) is 0 Å². The van der Waals surface area contributed by atoms with Crippen LogP contribution in [0.15, 0.2) is 0 Å². The van der Waals surface area contributed by atoms with Gasteiger partial charge < -0.3 is 24.1 Å². The van der Waals surface area contributed by atoms with Gasteiger partial charge in [0.25, 0.3) is 0 Å². The third-order valence-corrected chi connectivity index (χ3v) is 4.27. The zero-order valence-corrected chi connectivity index (χ0v) is 14.5. The summed E-state index contributed by atoms with van der Waals surface area (Å²) in [7, 11) is 0. The average Bonchev–Trinajstić information content (AvgIpc) is 2.42. The fourth-order valence-electron chi connectivity index (χ4n) is 2.21. The molecule has 0 amide bonds. The maximum absolute atomic E-state index is 11.4. The Morgan fingerprint density at radius 3 is 1.71 bits per heavy atom. The fourth-order valence-corrected chi connectivity index (χ4v) is 3.44. The summed E-state index contributed by atoms with van der Waals surface area (Å²) in [4.78, 5) is 45.0. The normalized spacial score (nSPS) is 29.3. The Morgan fingerprint density at radius 1 is 0.792 bits per heavy atom. The summed E-state index contributed by atoms with van der Waals surface area (Å²) in [5.74, 6) is -2.63. The summed E-state index contributed by atoms with van der Waals surface area (Å²) in [6, 6.07) is 0. The van der Waals surface area contributed by atoms with Gasteiger partial charge in [-0.2, -0.15) is 0 Å². The Hall–Kier alpha value is -1.81. The number of carbonyl (C=O) groups excluding carboxylic acids is 4. The van der Waals surface area contributed by atoms with Crippen LogP contribution in [0.4, 0.5) is 0 Å². The summed E-state index contributed by atoms with van der Waals surface area (Å²) >= 11 is 0.892. The largest absolute Gasteiger partial charge is 0.465 e. The molecular weight excluding hydrogens is 344 g/mol. The van der Waals surface area contributed by atoms with Crippen molar-refractivity contribution < 1.29 is 43.2 Å². The smallest absolute Gasteiger partial charge is 0.303 e. The number of carbonyl (C=O) groups is 4. The van der Waals surface area contributed by atoms with Gasteiger partial charge >= 0.3 is 23.9 Å². The average molecular weight is 364 g/mol. The van der Waals surface area contributed by atoms with Crippen LogP contribution in [-0.2, 0) is 38.1 Å². The van der Waals surface area contributed by atoms with E-state index in [1.807, 2.05) is 0 Å². The van der Waals surface area contributed by atoms with Crippen LogP contribution in [0.25, 0.3) is 0 Å². The van der Waals surface area contributed by atoms with Crippen molar-refractivity contribution in [3.8, 4) is 0 Å². The molecule has 9 nitrogen and oxygen atoms in total. The summed E-state index contributed by atoms with van der Waals surface area (Å²) < 4.78 is 20.2. The molecule has 1 fully saturated rings. The van der Waals surface area contributed by atoms with Crippen molar-refractivity contribution in [3.63, 3.8) is 0 Å². The third kappa shape index (κ3) is 6.00. The first kappa shape index (κ1) is 20.2. The van der Waals surface area contributed by atoms with E-state index < -0.39 is 52.9 Å². The van der Waals surface area contributed by atoms with E-state index in [0.29, 0.717) is 0 Å². The van der Waals surface area contributed by atoms with Gasteiger partial charge in [0.05, 0.1) is 5.25 Å². The number of thioether (sulfide) groups is 1. The molecule has 1 aliphatic rings. The number of ether oxygens (including phenoxy) is 4. The lowest BCUT2D eigenvalue weighted by Crippen LogP contribution is -2.58. The van der Waals surface area contributed by atoms with Crippen LogP contribution >= 0.6 is 11.8 Å². The van der Waals surface area contributed by atoms with E-state index in [-0.39, 0.29) is 6.61 Å². The van der Waals surface area contributed by atoms with Crippen LogP contribution in [0, 0.1) is 0 Å². The first-order valence-electron chi connectivity index (χ1n) is 7.10. The highest BCUT2D eigenvalue weighted by molar-refractivity contribution is 8.00. The van der Waals surface area contributed by atoms with Gasteiger partial charge in [-0.3, -0.25) is 19.2 Å². The number of aliphatic hydroxyl groups is 1. The molecule has 24 heavy (non-hydrogen) atoms. The van der Waals surface area contributed by atoms with Crippen molar-refractivity contribution in [2.24, 2.45) is 0 Å². The summed E-state index contributed by atoms with van der Waals surface area (Å²) in [5, 5.41) is 9.50. The molecule has 0 radical (unpaired) electrons. The lowest BCUT2D eigenvalue weighted by molar-refractivity contribution is -0.191. The maximum atomic E-state index is 11.4. The zero-order valence-electron chi connectivity index (χ0n) is 13.7. The summed E-state index contributed by atoms with van der Waals surface area (Å²) in [6.07, 6.45) is -3.52. The predicted molar refractivity (Wildman–Crippen MR) is 80.7 cm³/mol. The molecule has 0 spiro atoms. The zero-order chi connectivity index (χ0) is 18.4. The second-order valence-corrected chi connectivity index (χ2v) is 6.45. The number of hydrogen-bond donors (Lipinski definition) is 1. The van der Waals surface area contributed by atoms with Crippen molar-refractivity contribution in [3.05, 3.63) is 0 Å². The topological polar surface area (TPSA) is 125 Å². The minimum Gasteiger partial charge on any atom is -0.465 e. The number of rotatable bonds is 5. The second kappa shape index (κ2) is 8.88. The number of hydrogen-bond acceptors (Lipinski definition) is 10. The minimum atomic E-state index is -1.26. The van der Waals surface area contributed by atoms with Crippen molar-refractivity contribution in [1.29, 1.82) is 0 Å². The lowest BCUT2D eigenvalue weighted by Gasteiger charge is -2.42. The van der Waals surface area contributed by atoms with E-state index in [4.69, 9.17) is 18.9 Å². The van der Waals surface area contributed by atoms with Gasteiger partial charge in [0.2, 0.25) is 0 Å². The Labute approximate surface area is 142 Å². The highest BCUT2D eigenvalue weighted by Crippen LogP contribution is 2.36. The quantitative estimate of drug-likeness (QED) is 0.517. The molecule has 5 atom stereocenters. The molecule has 1 heterocycles. The summed E-state index contributed by atoms with van der Waals surface area (Å²) in [5.41, 5.74) is -1.26. The van der Waals surface area contributed by atoms with Gasteiger partial charge in [-0.25, -0.2) is 0 Å². The molecule has 0 aromatic rings. The SMILES string of the molecule is CC(=O)OCC1S[C@H](O)C(OC(C)=O)[C@@H](OC(C)=O)[C@@H]1OC(C)=O. The molecule has 136 valence electrons. The van der Waals surface area contributed by atoms with Crippen molar-refractivity contribution in [2.45, 2.75) is 56.7 Å². The fraction of sp³-hybridized carbons (Fsp3) is 0.714. The molecule has 1 rings (SSSR count). The minimum absolute atomic E-state index is 0.181. The number of aliphatic hydroxyl groups excluding tert-OH is 1. The Balaban J connectivity index is 3.11. The van der Waals surface area contributed by atoms with Crippen LogP contribution < -0.4 is 0 Å². The molecule has 0 aromatic heterocycles. The van der Waals surface area contributed by atoms with Crippen molar-refractivity contribution >= 4 is 35.6 Å². The van der Waals surface area contributed by atoms with Crippen LogP contribution in [-0.4, -0.2) is 64.6 Å². The molecule has 1 saturated heterocycles. The molecule has 1 N–H and O–H groups in total. The van der Waals surface area contributed by atoms with Gasteiger partial charge in [-0.05, 0) is 0 Å². The highest BCUT2D eigenvalue weighted by Gasteiger charge is 2.51. The van der Waals surface area contributed by atoms with E-state index >= 15 is 0 Å². The first-order chi connectivity index (χ1) is 11.1. The highest BCUT2D eigenvalue weighted by atomic mass is 32.2. The van der Waals surface area contributed by atoms with E-state index in [9.17, 15) is 24.3 Å². The van der Waals surface area contributed by atoms with E-state index in [1.165, 1.54) is 6.92 Å². The number of esters is 4. The predicted octanol–water partition coefficient (Wildman–Crippen LogP) is -0.222. The standard InChI is InChI=1S/C14H20O9S/c1-6(15)20-5-10-11(21-7(2)16)12(22-8(3)17)13(14(19)24-10)23-9(4)18/h10-14,19H,5H2,1-4H3/t10?,11-,12+,13?,14+/m1/s1. The van der Waals surface area contributed by atoms with Gasteiger partial charge in [0.1, 0.15) is 12.0 Å². The van der Waals surface area contributed by atoms with Gasteiger partial charge in [0.15, 0.2) is 18.3 Å². The molecular formula is C14H20O9S. The van der Waals surface area contributed by atoms with Crippen LogP contribution in [0.5, 0.6) is 0 Å². The first-order valence-corrected chi connectivity index (χ1v) is 8.04. The van der Waals surface area contributed by atoms with Crippen molar-refractivity contribution in [1.82, 2.24) is 0 Å². The summed E-state index contributed by atoms with van der Waals surface area (Å²) in [6.45, 7) is 4.44. The van der Waals surface area contributed by atoms with E-state index in [1.54, 1.807) is 0 Å². The molecule has 0 bridgehead atoms. The lowest BCUT2D eigenvalue weighted by atomic mass is 10.0. The molecule has 10 heteroatoms. The second-order valence-electron chi connectivity index (χ2n) is 5.09. The van der Waals surface area contributed by atoms with Gasteiger partial charge in [-0.1, -0.05) is 0 Å².